The van der Waals surface area contributed by atoms with E-state index < -0.39 is 0 Å². The first-order chi connectivity index (χ1) is 9.24. The molecular weight excluding hydrogens is 238 g/mol. The third-order valence-corrected chi connectivity index (χ3v) is 3.16. The maximum Gasteiger partial charge on any atom is 0.254 e. The summed E-state index contributed by atoms with van der Waals surface area (Å²) < 4.78 is 5.37. The standard InChI is InChI=1S/C16H19NO2/c1-3-11-17(12-13-5-6-13)16(18)14-7-9-15(10-8-14)19-4-2/h1,7-10,13H,4-6,11-12H2,2H3. The maximum absolute atomic E-state index is 12.4. The molecule has 1 aliphatic rings. The van der Waals surface area contributed by atoms with Crippen molar-refractivity contribution in [2.45, 2.75) is 19.8 Å². The van der Waals surface area contributed by atoms with E-state index in [4.69, 9.17) is 11.2 Å². The van der Waals surface area contributed by atoms with Crippen LogP contribution >= 0.6 is 0 Å². The second-order valence-electron chi connectivity index (χ2n) is 4.79. The molecule has 19 heavy (non-hydrogen) atoms. The quantitative estimate of drug-likeness (QED) is 0.733. The molecule has 100 valence electrons. The minimum atomic E-state index is 0.00731. The van der Waals surface area contributed by atoms with Gasteiger partial charge in [0.15, 0.2) is 0 Å². The van der Waals surface area contributed by atoms with Gasteiger partial charge < -0.3 is 9.64 Å². The molecule has 0 unspecified atom stereocenters. The van der Waals surface area contributed by atoms with E-state index >= 15 is 0 Å². The lowest BCUT2D eigenvalue weighted by atomic mass is 10.2. The molecule has 1 fully saturated rings. The van der Waals surface area contributed by atoms with Crippen LogP contribution in [0.15, 0.2) is 24.3 Å². The lowest BCUT2D eigenvalue weighted by molar-refractivity contribution is 0.0770. The number of rotatable bonds is 6. The number of benzene rings is 1. The lowest BCUT2D eigenvalue weighted by Crippen LogP contribution is -2.33. The minimum absolute atomic E-state index is 0.00731. The normalized spacial score (nSPS) is 13.7. The predicted octanol–water partition coefficient (Wildman–Crippen LogP) is 2.57. The van der Waals surface area contributed by atoms with Gasteiger partial charge in [0, 0.05) is 12.1 Å². The molecule has 1 saturated carbocycles. The summed E-state index contributed by atoms with van der Waals surface area (Å²) in [4.78, 5) is 14.1. The molecule has 0 atom stereocenters. The van der Waals surface area contributed by atoms with E-state index in [2.05, 4.69) is 5.92 Å². The molecule has 0 bridgehead atoms. The van der Waals surface area contributed by atoms with Gasteiger partial charge in [-0.3, -0.25) is 4.79 Å². The highest BCUT2D eigenvalue weighted by atomic mass is 16.5. The van der Waals surface area contributed by atoms with Gasteiger partial charge in [-0.2, -0.15) is 0 Å². The summed E-state index contributed by atoms with van der Waals surface area (Å²) in [7, 11) is 0. The number of carbonyl (C=O) groups excluding carboxylic acids is 1. The highest BCUT2D eigenvalue weighted by Gasteiger charge is 2.26. The molecule has 1 aromatic rings. The van der Waals surface area contributed by atoms with E-state index in [1.54, 1.807) is 17.0 Å². The van der Waals surface area contributed by atoms with Crippen molar-refractivity contribution in [2.75, 3.05) is 19.7 Å². The van der Waals surface area contributed by atoms with Gasteiger partial charge in [-0.1, -0.05) is 5.92 Å². The fourth-order valence-electron chi connectivity index (χ4n) is 1.98. The summed E-state index contributed by atoms with van der Waals surface area (Å²) in [5, 5.41) is 0. The highest BCUT2D eigenvalue weighted by Crippen LogP contribution is 2.30. The van der Waals surface area contributed by atoms with Crippen molar-refractivity contribution >= 4 is 5.91 Å². The van der Waals surface area contributed by atoms with Gasteiger partial charge in [-0.05, 0) is 49.9 Å². The Labute approximate surface area is 114 Å². The van der Waals surface area contributed by atoms with Gasteiger partial charge >= 0.3 is 0 Å². The number of carbonyl (C=O) groups is 1. The Hall–Kier alpha value is -1.95. The Morgan fingerprint density at radius 2 is 2.11 bits per heavy atom. The summed E-state index contributed by atoms with van der Waals surface area (Å²) in [6, 6.07) is 7.23. The molecule has 0 saturated heterocycles. The number of hydrogen-bond acceptors (Lipinski definition) is 2. The van der Waals surface area contributed by atoms with Crippen molar-refractivity contribution in [3.05, 3.63) is 29.8 Å². The lowest BCUT2D eigenvalue weighted by Gasteiger charge is -2.20. The predicted molar refractivity (Wildman–Crippen MR) is 75.1 cm³/mol. The average Bonchev–Trinajstić information content (AvgIpc) is 3.23. The molecule has 0 heterocycles. The third kappa shape index (κ3) is 3.75. The molecule has 2 rings (SSSR count). The van der Waals surface area contributed by atoms with Crippen molar-refractivity contribution in [2.24, 2.45) is 5.92 Å². The fraction of sp³-hybridized carbons (Fsp3) is 0.438. The number of ether oxygens (including phenoxy) is 1. The number of hydrogen-bond donors (Lipinski definition) is 0. The minimum Gasteiger partial charge on any atom is -0.494 e. The van der Waals surface area contributed by atoms with Crippen LogP contribution in [0.25, 0.3) is 0 Å². The Kier molecular flexibility index (Phi) is 4.46. The average molecular weight is 257 g/mol. The molecule has 0 radical (unpaired) electrons. The largest absolute Gasteiger partial charge is 0.494 e. The molecule has 0 spiro atoms. The van der Waals surface area contributed by atoms with Crippen molar-refractivity contribution in [3.8, 4) is 18.1 Å². The molecule has 3 nitrogen and oxygen atoms in total. The zero-order valence-electron chi connectivity index (χ0n) is 11.3. The first kappa shape index (κ1) is 13.5. The number of amides is 1. The van der Waals surface area contributed by atoms with Crippen molar-refractivity contribution < 1.29 is 9.53 Å². The Balaban J connectivity index is 2.04. The van der Waals surface area contributed by atoms with Crippen LogP contribution < -0.4 is 4.74 Å². The molecule has 1 amide bonds. The van der Waals surface area contributed by atoms with Crippen LogP contribution in [0.3, 0.4) is 0 Å². The molecule has 0 aromatic heterocycles. The van der Waals surface area contributed by atoms with E-state index in [9.17, 15) is 4.79 Å². The third-order valence-electron chi connectivity index (χ3n) is 3.16. The van der Waals surface area contributed by atoms with Crippen molar-refractivity contribution in [3.63, 3.8) is 0 Å². The summed E-state index contributed by atoms with van der Waals surface area (Å²) in [5.74, 6) is 3.99. The smallest absolute Gasteiger partial charge is 0.254 e. The summed E-state index contributed by atoms with van der Waals surface area (Å²) in [6.07, 6.45) is 7.75. The van der Waals surface area contributed by atoms with Gasteiger partial charge in [0.25, 0.3) is 5.91 Å². The monoisotopic (exact) mass is 257 g/mol. The topological polar surface area (TPSA) is 29.5 Å². The van der Waals surface area contributed by atoms with E-state index in [0.717, 1.165) is 12.3 Å². The second kappa shape index (κ2) is 6.29. The van der Waals surface area contributed by atoms with Crippen LogP contribution in [0.2, 0.25) is 0 Å². The summed E-state index contributed by atoms with van der Waals surface area (Å²) >= 11 is 0. The van der Waals surface area contributed by atoms with Gasteiger partial charge in [0.1, 0.15) is 5.75 Å². The molecular formula is C16H19NO2. The zero-order valence-corrected chi connectivity index (χ0v) is 11.3. The van der Waals surface area contributed by atoms with E-state index in [1.165, 1.54) is 12.8 Å². The van der Waals surface area contributed by atoms with Crippen LogP contribution in [0.5, 0.6) is 5.75 Å². The van der Waals surface area contributed by atoms with Crippen LogP contribution in [0.4, 0.5) is 0 Å². The number of nitrogens with zero attached hydrogens (tertiary/aromatic N) is 1. The van der Waals surface area contributed by atoms with E-state index in [-0.39, 0.29) is 5.91 Å². The molecule has 1 aromatic carbocycles. The van der Waals surface area contributed by atoms with Crippen LogP contribution in [0, 0.1) is 18.3 Å². The summed E-state index contributed by atoms with van der Waals surface area (Å²) in [5.41, 5.74) is 0.666. The van der Waals surface area contributed by atoms with Crippen LogP contribution in [-0.2, 0) is 0 Å². The zero-order chi connectivity index (χ0) is 13.7. The highest BCUT2D eigenvalue weighted by molar-refractivity contribution is 5.94. The molecule has 0 aliphatic heterocycles. The summed E-state index contributed by atoms with van der Waals surface area (Å²) in [6.45, 7) is 3.71. The SMILES string of the molecule is C#CCN(CC1CC1)C(=O)c1ccc(OCC)cc1. The Bertz CT molecular complexity index is 469. The first-order valence-electron chi connectivity index (χ1n) is 6.70. The maximum atomic E-state index is 12.4. The fourth-order valence-corrected chi connectivity index (χ4v) is 1.98. The second-order valence-corrected chi connectivity index (χ2v) is 4.79. The van der Waals surface area contributed by atoms with Gasteiger partial charge in [-0.15, -0.1) is 6.42 Å². The van der Waals surface area contributed by atoms with Crippen LogP contribution in [0.1, 0.15) is 30.1 Å². The van der Waals surface area contributed by atoms with E-state index in [1.807, 2.05) is 19.1 Å². The number of terminal acetylenes is 1. The van der Waals surface area contributed by atoms with Crippen LogP contribution in [-0.4, -0.2) is 30.5 Å². The van der Waals surface area contributed by atoms with E-state index in [0.29, 0.717) is 24.6 Å². The molecule has 1 aliphatic carbocycles. The van der Waals surface area contributed by atoms with Crippen molar-refractivity contribution in [1.29, 1.82) is 0 Å². The molecule has 0 N–H and O–H groups in total. The Morgan fingerprint density at radius 3 is 2.63 bits per heavy atom. The molecule has 3 heteroatoms. The van der Waals surface area contributed by atoms with Gasteiger partial charge in [-0.25, -0.2) is 0 Å². The van der Waals surface area contributed by atoms with Gasteiger partial charge in [0.05, 0.1) is 13.2 Å². The Morgan fingerprint density at radius 1 is 1.42 bits per heavy atom. The first-order valence-corrected chi connectivity index (χ1v) is 6.70. The van der Waals surface area contributed by atoms with Crippen molar-refractivity contribution in [1.82, 2.24) is 4.90 Å². The van der Waals surface area contributed by atoms with Gasteiger partial charge in [0.2, 0.25) is 0 Å².